The number of aliphatic carboxylic acids is 1. The summed E-state index contributed by atoms with van der Waals surface area (Å²) in [6.45, 7) is 0.415. The Hall–Kier alpha value is -2.93. The predicted molar refractivity (Wildman–Crippen MR) is 92.3 cm³/mol. The van der Waals surface area contributed by atoms with Gasteiger partial charge < -0.3 is 19.9 Å². The van der Waals surface area contributed by atoms with E-state index in [2.05, 4.69) is 5.32 Å². The fraction of sp³-hybridized carbons (Fsp3) is 0.263. The van der Waals surface area contributed by atoms with Crippen molar-refractivity contribution in [2.24, 2.45) is 0 Å². The molecule has 0 spiro atoms. The first-order chi connectivity index (χ1) is 12.4. The number of carboxylic acids is 1. The molecule has 0 heterocycles. The second-order valence-corrected chi connectivity index (χ2v) is 5.66. The van der Waals surface area contributed by atoms with Crippen LogP contribution in [0.3, 0.4) is 0 Å². The van der Waals surface area contributed by atoms with E-state index in [-0.39, 0.29) is 17.7 Å². The highest BCUT2D eigenvalue weighted by Crippen LogP contribution is 2.22. The molecule has 138 valence electrons. The number of nitrogens with one attached hydrogen (secondary N) is 1. The van der Waals surface area contributed by atoms with Gasteiger partial charge in [0.25, 0.3) is 0 Å². The third-order valence-electron chi connectivity index (χ3n) is 3.73. The van der Waals surface area contributed by atoms with Crippen LogP contribution in [0.1, 0.15) is 22.7 Å². The van der Waals surface area contributed by atoms with E-state index in [0.717, 1.165) is 17.2 Å². The molecule has 0 fully saturated rings. The minimum Gasteiger partial charge on any atom is -0.494 e. The molecule has 1 amide bonds. The Morgan fingerprint density at radius 2 is 1.88 bits per heavy atom. The summed E-state index contributed by atoms with van der Waals surface area (Å²) in [4.78, 5) is 23.8. The minimum absolute atomic E-state index is 0.0000287. The lowest BCUT2D eigenvalue weighted by atomic mass is 10.0. The topological polar surface area (TPSA) is 84.9 Å². The number of halogens is 1. The molecule has 0 bridgehead atoms. The first-order valence-electron chi connectivity index (χ1n) is 7.87. The zero-order valence-corrected chi connectivity index (χ0v) is 14.5. The van der Waals surface area contributed by atoms with Crippen molar-refractivity contribution in [3.63, 3.8) is 0 Å². The van der Waals surface area contributed by atoms with Gasteiger partial charge >= 0.3 is 5.97 Å². The number of benzene rings is 2. The van der Waals surface area contributed by atoms with Crippen LogP contribution in [0.25, 0.3) is 0 Å². The average molecular weight is 361 g/mol. The number of carboxylic acid groups (broad SMARTS) is 1. The van der Waals surface area contributed by atoms with Gasteiger partial charge in [-0.1, -0.05) is 30.3 Å². The molecule has 2 N–H and O–H groups in total. The monoisotopic (exact) mass is 361 g/mol. The maximum absolute atomic E-state index is 13.8. The van der Waals surface area contributed by atoms with Crippen LogP contribution in [0.15, 0.2) is 42.5 Å². The second kappa shape index (κ2) is 8.96. The highest BCUT2D eigenvalue weighted by molar-refractivity contribution is 5.85. The Bertz CT molecular complexity index is 793. The Balaban J connectivity index is 2.12. The summed E-state index contributed by atoms with van der Waals surface area (Å²) in [5.74, 6) is -2.46. The Labute approximate surface area is 150 Å². The van der Waals surface area contributed by atoms with E-state index in [4.69, 9.17) is 9.47 Å². The number of hydrogen-bond acceptors (Lipinski definition) is 4. The summed E-state index contributed by atoms with van der Waals surface area (Å²) in [5, 5.41) is 11.8. The largest absolute Gasteiger partial charge is 0.494 e. The smallest absolute Gasteiger partial charge is 0.330 e. The summed E-state index contributed by atoms with van der Waals surface area (Å²) >= 11 is 0. The van der Waals surface area contributed by atoms with Crippen molar-refractivity contribution >= 4 is 11.9 Å². The van der Waals surface area contributed by atoms with Gasteiger partial charge in [-0.15, -0.1) is 0 Å². The summed E-state index contributed by atoms with van der Waals surface area (Å²) in [6, 6.07) is 9.64. The first kappa shape index (κ1) is 19.4. The lowest BCUT2D eigenvalue weighted by Crippen LogP contribution is -2.34. The van der Waals surface area contributed by atoms with Gasteiger partial charge in [-0.05, 0) is 28.8 Å². The van der Waals surface area contributed by atoms with Crippen molar-refractivity contribution < 1.29 is 28.6 Å². The number of carbonyl (C=O) groups excluding carboxylic acids is 1. The van der Waals surface area contributed by atoms with Gasteiger partial charge in [-0.25, -0.2) is 9.18 Å². The Kier molecular flexibility index (Phi) is 6.68. The van der Waals surface area contributed by atoms with E-state index < -0.39 is 23.7 Å². The lowest BCUT2D eigenvalue weighted by molar-refractivity contribution is -0.142. The number of carbonyl (C=O) groups is 2. The molecule has 0 saturated carbocycles. The number of ether oxygens (including phenoxy) is 2. The molecule has 2 rings (SSSR count). The SMILES string of the molecule is COCc1cccc(CC(=O)NC(C(=O)O)c2ccc(OC)c(F)c2)c1. The molecule has 6 nitrogen and oxygen atoms in total. The van der Waals surface area contributed by atoms with E-state index >= 15 is 0 Å². The second-order valence-electron chi connectivity index (χ2n) is 5.66. The molecule has 1 unspecified atom stereocenters. The van der Waals surface area contributed by atoms with Crippen molar-refractivity contribution in [3.8, 4) is 5.75 Å². The standard InChI is InChI=1S/C19H20FNO5/c1-25-11-13-5-3-4-12(8-13)9-17(22)21-18(19(23)24)14-6-7-16(26-2)15(20)10-14/h3-8,10,18H,9,11H2,1-2H3,(H,21,22)(H,23,24). The summed E-state index contributed by atoms with van der Waals surface area (Å²) < 4.78 is 23.7. The number of methoxy groups -OCH3 is 2. The van der Waals surface area contributed by atoms with Gasteiger partial charge in [-0.2, -0.15) is 0 Å². The molecule has 0 aromatic heterocycles. The molecule has 0 radical (unpaired) electrons. The highest BCUT2D eigenvalue weighted by atomic mass is 19.1. The molecule has 26 heavy (non-hydrogen) atoms. The fourth-order valence-electron chi connectivity index (χ4n) is 2.54. The quantitative estimate of drug-likeness (QED) is 0.754. The normalized spacial score (nSPS) is 11.7. The molecule has 0 saturated heterocycles. The van der Waals surface area contributed by atoms with E-state index in [1.807, 2.05) is 12.1 Å². The van der Waals surface area contributed by atoms with Gasteiger partial charge in [0.1, 0.15) is 0 Å². The van der Waals surface area contributed by atoms with E-state index in [9.17, 15) is 19.1 Å². The van der Waals surface area contributed by atoms with E-state index in [1.54, 1.807) is 19.2 Å². The molecule has 0 aliphatic heterocycles. The van der Waals surface area contributed by atoms with Crippen molar-refractivity contribution in [2.45, 2.75) is 19.1 Å². The third-order valence-corrected chi connectivity index (χ3v) is 3.73. The number of rotatable bonds is 8. The first-order valence-corrected chi connectivity index (χ1v) is 7.87. The summed E-state index contributed by atoms with van der Waals surface area (Å²) in [7, 11) is 2.89. The fourth-order valence-corrected chi connectivity index (χ4v) is 2.54. The number of hydrogen-bond donors (Lipinski definition) is 2. The lowest BCUT2D eigenvalue weighted by Gasteiger charge is -2.16. The molecule has 7 heteroatoms. The van der Waals surface area contributed by atoms with Crippen molar-refractivity contribution in [1.82, 2.24) is 5.32 Å². The average Bonchev–Trinajstić information content (AvgIpc) is 2.60. The molecule has 1 atom stereocenters. The van der Waals surface area contributed by atoms with Crippen LogP contribution in [-0.2, 0) is 27.4 Å². The van der Waals surface area contributed by atoms with Gasteiger partial charge in [0.15, 0.2) is 17.6 Å². The van der Waals surface area contributed by atoms with Gasteiger partial charge in [0.2, 0.25) is 5.91 Å². The van der Waals surface area contributed by atoms with Crippen molar-refractivity contribution in [3.05, 3.63) is 65.0 Å². The van der Waals surface area contributed by atoms with E-state index in [0.29, 0.717) is 6.61 Å². The molecule has 0 aliphatic carbocycles. The van der Waals surface area contributed by atoms with Crippen LogP contribution in [0, 0.1) is 5.82 Å². The summed E-state index contributed by atoms with van der Waals surface area (Å²) in [5.41, 5.74) is 1.75. The summed E-state index contributed by atoms with van der Waals surface area (Å²) in [6.07, 6.45) is -0.0000287. The maximum atomic E-state index is 13.8. The van der Waals surface area contributed by atoms with Crippen LogP contribution < -0.4 is 10.1 Å². The minimum atomic E-state index is -1.36. The van der Waals surface area contributed by atoms with Crippen LogP contribution in [0.2, 0.25) is 0 Å². The molecular weight excluding hydrogens is 341 g/mol. The predicted octanol–water partition coefficient (Wildman–Crippen LogP) is 2.47. The van der Waals surface area contributed by atoms with Crippen LogP contribution in [0.4, 0.5) is 4.39 Å². The van der Waals surface area contributed by atoms with Crippen molar-refractivity contribution in [1.29, 1.82) is 0 Å². The Morgan fingerprint density at radius 1 is 1.15 bits per heavy atom. The zero-order chi connectivity index (χ0) is 19.1. The van der Waals surface area contributed by atoms with Gasteiger partial charge in [0, 0.05) is 7.11 Å². The maximum Gasteiger partial charge on any atom is 0.330 e. The van der Waals surface area contributed by atoms with Gasteiger partial charge in [-0.3, -0.25) is 4.79 Å². The van der Waals surface area contributed by atoms with Crippen molar-refractivity contribution in [2.75, 3.05) is 14.2 Å². The Morgan fingerprint density at radius 3 is 2.50 bits per heavy atom. The number of amides is 1. The molecule has 2 aromatic rings. The molecule has 2 aromatic carbocycles. The molecular formula is C19H20FNO5. The van der Waals surface area contributed by atoms with E-state index in [1.165, 1.54) is 19.2 Å². The molecule has 0 aliphatic rings. The van der Waals surface area contributed by atoms with Crippen LogP contribution in [-0.4, -0.2) is 31.2 Å². The van der Waals surface area contributed by atoms with Crippen LogP contribution >= 0.6 is 0 Å². The van der Waals surface area contributed by atoms with Crippen LogP contribution in [0.5, 0.6) is 5.75 Å². The zero-order valence-electron chi connectivity index (χ0n) is 14.5. The third kappa shape index (κ3) is 5.03. The highest BCUT2D eigenvalue weighted by Gasteiger charge is 2.23. The van der Waals surface area contributed by atoms with Gasteiger partial charge in [0.05, 0.1) is 20.1 Å².